The number of hydrogen-bond donors (Lipinski definition) is 3. The first kappa shape index (κ1) is 19.2. The smallest absolute Gasteiger partial charge is 0.271 e. The number of halogens is 1. The number of amides is 1. The zero-order valence-electron chi connectivity index (χ0n) is 15.8. The fraction of sp³-hybridized carbons (Fsp3) is 0.143. The van der Waals surface area contributed by atoms with Gasteiger partial charge < -0.3 is 16.0 Å². The van der Waals surface area contributed by atoms with Crippen LogP contribution in [0.3, 0.4) is 0 Å². The standard InChI is InChI=1S/C21H20FN5O/c1-12-8-14(4-5-17(12)26-21(28)18(24-3)6-7-23)20-25-11-15-10-16(22)9-13(2)19(15)27-20/h4-11,23-24H,1-3H3,(H,26,28)/b18-6-,23-7?. The van der Waals surface area contributed by atoms with Crippen LogP contribution >= 0.6 is 0 Å². The summed E-state index contributed by atoms with van der Waals surface area (Å²) in [5.41, 5.74) is 4.03. The van der Waals surface area contributed by atoms with Gasteiger partial charge >= 0.3 is 0 Å². The predicted molar refractivity (Wildman–Crippen MR) is 109 cm³/mol. The highest BCUT2D eigenvalue weighted by molar-refractivity contribution is 6.05. The minimum Gasteiger partial charge on any atom is -0.384 e. The van der Waals surface area contributed by atoms with Gasteiger partial charge in [-0.25, -0.2) is 14.4 Å². The molecule has 3 aromatic rings. The lowest BCUT2D eigenvalue weighted by molar-refractivity contribution is -0.113. The Morgan fingerprint density at radius 3 is 2.64 bits per heavy atom. The Balaban J connectivity index is 1.92. The van der Waals surface area contributed by atoms with Crippen LogP contribution in [-0.2, 0) is 4.79 Å². The van der Waals surface area contributed by atoms with E-state index in [2.05, 4.69) is 20.6 Å². The van der Waals surface area contributed by atoms with Crippen molar-refractivity contribution >= 4 is 28.7 Å². The third kappa shape index (κ3) is 3.88. The van der Waals surface area contributed by atoms with Crippen molar-refractivity contribution in [3.05, 3.63) is 65.2 Å². The van der Waals surface area contributed by atoms with Crippen LogP contribution in [0, 0.1) is 25.1 Å². The monoisotopic (exact) mass is 377 g/mol. The number of rotatable bonds is 5. The summed E-state index contributed by atoms with van der Waals surface area (Å²) in [5.74, 6) is -0.112. The molecular weight excluding hydrogens is 357 g/mol. The quantitative estimate of drug-likeness (QED) is 0.467. The molecule has 0 saturated carbocycles. The Morgan fingerprint density at radius 1 is 1.18 bits per heavy atom. The first-order valence-corrected chi connectivity index (χ1v) is 8.66. The molecule has 0 aliphatic rings. The summed E-state index contributed by atoms with van der Waals surface area (Å²) in [4.78, 5) is 21.2. The molecule has 28 heavy (non-hydrogen) atoms. The summed E-state index contributed by atoms with van der Waals surface area (Å²) in [6.07, 6.45) is 4.04. The fourth-order valence-electron chi connectivity index (χ4n) is 2.91. The molecule has 0 fully saturated rings. The third-order valence-electron chi connectivity index (χ3n) is 4.34. The van der Waals surface area contributed by atoms with E-state index in [1.165, 1.54) is 18.2 Å². The Bertz CT molecular complexity index is 1110. The topological polar surface area (TPSA) is 90.8 Å². The Labute approximate surface area is 162 Å². The second-order valence-electron chi connectivity index (χ2n) is 6.33. The van der Waals surface area contributed by atoms with Gasteiger partial charge in [0.25, 0.3) is 5.91 Å². The van der Waals surface area contributed by atoms with E-state index in [4.69, 9.17) is 5.41 Å². The Hall–Kier alpha value is -3.61. The van der Waals surface area contributed by atoms with Gasteiger partial charge in [0.05, 0.1) is 5.52 Å². The molecule has 0 bridgehead atoms. The van der Waals surface area contributed by atoms with E-state index in [-0.39, 0.29) is 11.7 Å². The second-order valence-corrected chi connectivity index (χ2v) is 6.33. The van der Waals surface area contributed by atoms with Gasteiger partial charge in [0.2, 0.25) is 0 Å². The molecule has 0 unspecified atom stereocenters. The molecule has 3 N–H and O–H groups in total. The van der Waals surface area contributed by atoms with Crippen LogP contribution in [0.4, 0.5) is 10.1 Å². The number of benzene rings is 2. The van der Waals surface area contributed by atoms with Crippen molar-refractivity contribution in [1.82, 2.24) is 15.3 Å². The summed E-state index contributed by atoms with van der Waals surface area (Å²) in [6, 6.07) is 8.35. The highest BCUT2D eigenvalue weighted by Crippen LogP contribution is 2.25. The van der Waals surface area contributed by atoms with Crippen LogP contribution in [0.1, 0.15) is 11.1 Å². The molecule has 1 amide bonds. The summed E-state index contributed by atoms with van der Waals surface area (Å²) in [7, 11) is 1.62. The normalized spacial score (nSPS) is 11.4. The predicted octanol–water partition coefficient (Wildman–Crippen LogP) is 3.74. The van der Waals surface area contributed by atoms with E-state index in [1.54, 1.807) is 19.3 Å². The van der Waals surface area contributed by atoms with Gasteiger partial charge in [-0.3, -0.25) is 4.79 Å². The molecule has 1 heterocycles. The van der Waals surface area contributed by atoms with E-state index in [9.17, 15) is 9.18 Å². The largest absolute Gasteiger partial charge is 0.384 e. The molecule has 0 radical (unpaired) electrons. The van der Waals surface area contributed by atoms with Gasteiger partial charge in [0.1, 0.15) is 11.5 Å². The van der Waals surface area contributed by atoms with Crippen molar-refractivity contribution in [2.24, 2.45) is 0 Å². The summed E-state index contributed by atoms with van der Waals surface area (Å²) < 4.78 is 13.5. The van der Waals surface area contributed by atoms with E-state index in [0.29, 0.717) is 28.1 Å². The number of likely N-dealkylation sites (N-methyl/N-ethyl adjacent to an activating group) is 1. The lowest BCUT2D eigenvalue weighted by Crippen LogP contribution is -2.23. The van der Waals surface area contributed by atoms with Crippen molar-refractivity contribution < 1.29 is 9.18 Å². The average molecular weight is 377 g/mol. The van der Waals surface area contributed by atoms with Crippen LogP contribution in [0.2, 0.25) is 0 Å². The number of nitrogens with one attached hydrogen (secondary N) is 3. The molecule has 7 heteroatoms. The first-order chi connectivity index (χ1) is 13.4. The molecule has 6 nitrogen and oxygen atoms in total. The molecular formula is C21H20FN5O. The van der Waals surface area contributed by atoms with E-state index in [1.807, 2.05) is 26.0 Å². The van der Waals surface area contributed by atoms with Crippen molar-refractivity contribution in [2.75, 3.05) is 12.4 Å². The number of carbonyl (C=O) groups excluding carboxylic acids is 1. The Kier molecular flexibility index (Phi) is 5.44. The lowest BCUT2D eigenvalue weighted by atomic mass is 10.1. The maximum Gasteiger partial charge on any atom is 0.271 e. The van der Waals surface area contributed by atoms with Crippen molar-refractivity contribution in [3.8, 4) is 11.4 Å². The van der Waals surface area contributed by atoms with Crippen LogP contribution in [0.5, 0.6) is 0 Å². The minimum atomic E-state index is -0.332. The molecule has 0 aliphatic heterocycles. The number of fused-ring (bicyclic) bond motifs is 1. The highest BCUT2D eigenvalue weighted by atomic mass is 19.1. The zero-order valence-corrected chi connectivity index (χ0v) is 15.8. The van der Waals surface area contributed by atoms with Gasteiger partial charge in [-0.1, -0.05) is 0 Å². The molecule has 1 aromatic heterocycles. The van der Waals surface area contributed by atoms with E-state index in [0.717, 1.165) is 22.9 Å². The van der Waals surface area contributed by atoms with Crippen LogP contribution in [0.15, 0.2) is 48.3 Å². The fourth-order valence-corrected chi connectivity index (χ4v) is 2.91. The number of hydrogen-bond acceptors (Lipinski definition) is 5. The molecule has 0 aliphatic carbocycles. The number of allylic oxidation sites excluding steroid dienone is 1. The lowest BCUT2D eigenvalue weighted by Gasteiger charge is -2.12. The molecule has 2 aromatic carbocycles. The van der Waals surface area contributed by atoms with Crippen molar-refractivity contribution in [2.45, 2.75) is 13.8 Å². The number of aromatic nitrogens is 2. The van der Waals surface area contributed by atoms with Crippen LogP contribution < -0.4 is 10.6 Å². The van der Waals surface area contributed by atoms with Crippen molar-refractivity contribution in [1.29, 1.82) is 5.41 Å². The highest BCUT2D eigenvalue weighted by Gasteiger charge is 2.11. The Morgan fingerprint density at radius 2 is 1.96 bits per heavy atom. The van der Waals surface area contributed by atoms with Crippen LogP contribution in [0.25, 0.3) is 22.3 Å². The first-order valence-electron chi connectivity index (χ1n) is 8.66. The maximum absolute atomic E-state index is 13.5. The minimum absolute atomic E-state index is 0.291. The van der Waals surface area contributed by atoms with E-state index >= 15 is 0 Å². The van der Waals surface area contributed by atoms with Gasteiger partial charge in [-0.2, -0.15) is 0 Å². The number of nitrogens with zero attached hydrogens (tertiary/aromatic N) is 2. The molecule has 0 atom stereocenters. The average Bonchev–Trinajstić information content (AvgIpc) is 2.67. The SMILES string of the molecule is CN/C(=C\C=N)C(=O)Nc1ccc(-c2ncc3cc(F)cc(C)c3n2)cc1C. The van der Waals surface area contributed by atoms with Gasteiger partial charge in [-0.05, 0) is 61.4 Å². The van der Waals surface area contributed by atoms with E-state index < -0.39 is 0 Å². The van der Waals surface area contributed by atoms with Crippen LogP contribution in [-0.4, -0.2) is 29.1 Å². The number of aryl methyl sites for hydroxylation is 2. The second kappa shape index (κ2) is 7.96. The molecule has 0 spiro atoms. The summed E-state index contributed by atoms with van der Waals surface area (Å²) >= 11 is 0. The molecule has 3 rings (SSSR count). The molecule has 0 saturated heterocycles. The van der Waals surface area contributed by atoms with Crippen molar-refractivity contribution in [3.63, 3.8) is 0 Å². The summed E-state index contributed by atoms with van der Waals surface area (Å²) in [6.45, 7) is 3.69. The third-order valence-corrected chi connectivity index (χ3v) is 4.34. The number of carbonyl (C=O) groups is 1. The maximum atomic E-state index is 13.5. The van der Waals surface area contributed by atoms with Gasteiger partial charge in [0, 0.05) is 36.1 Å². The van der Waals surface area contributed by atoms with Gasteiger partial charge in [-0.15, -0.1) is 0 Å². The van der Waals surface area contributed by atoms with Gasteiger partial charge in [0.15, 0.2) is 5.82 Å². The number of anilines is 1. The summed E-state index contributed by atoms with van der Waals surface area (Å²) in [5, 5.41) is 13.3. The molecule has 142 valence electrons. The zero-order chi connectivity index (χ0) is 20.3.